The molecule has 0 fully saturated rings. The van der Waals surface area contributed by atoms with Crippen LogP contribution in [-0.4, -0.2) is 26.0 Å². The van der Waals surface area contributed by atoms with Crippen molar-refractivity contribution in [2.45, 2.75) is 33.2 Å². The number of hydrogen-bond acceptors (Lipinski definition) is 2. The third-order valence-electron chi connectivity index (χ3n) is 1.84. The smallest absolute Gasteiger partial charge is 0.0511 e. The molecule has 2 heteroatoms. The Morgan fingerprint density at radius 3 is 2.55 bits per heavy atom. The Balaban J connectivity index is 3.35. The van der Waals surface area contributed by atoms with Crippen molar-refractivity contribution in [2.75, 3.05) is 13.2 Å². The second-order valence-corrected chi connectivity index (χ2v) is 2.98. The number of nitrogens with zero attached hydrogens (tertiary/aromatic N) is 1. The highest BCUT2D eigenvalue weighted by Crippen LogP contribution is 2.06. The molecule has 0 aliphatic heterocycles. The van der Waals surface area contributed by atoms with E-state index >= 15 is 0 Å². The van der Waals surface area contributed by atoms with Crippen LogP contribution < -0.4 is 0 Å². The molecule has 0 bridgehead atoms. The van der Waals surface area contributed by atoms with E-state index in [1.165, 1.54) is 0 Å². The molecule has 0 saturated heterocycles. The molecule has 0 saturated carbocycles. The van der Waals surface area contributed by atoms with Gasteiger partial charge in [-0.1, -0.05) is 13.8 Å². The Kier molecular flexibility index (Phi) is 6.13. The van der Waals surface area contributed by atoms with Crippen LogP contribution in [0.3, 0.4) is 0 Å². The van der Waals surface area contributed by atoms with Crippen molar-refractivity contribution in [3.05, 3.63) is 0 Å². The summed E-state index contributed by atoms with van der Waals surface area (Å²) in [5.74, 6) is 0.485. The zero-order chi connectivity index (χ0) is 8.69. The first-order chi connectivity index (χ1) is 5.22. The van der Waals surface area contributed by atoms with Crippen LogP contribution in [0, 0.1) is 5.92 Å². The van der Waals surface area contributed by atoms with E-state index in [0.29, 0.717) is 12.0 Å². The maximum atomic E-state index is 5.38. The number of ether oxygens (including phenoxy) is 1. The van der Waals surface area contributed by atoms with Gasteiger partial charge >= 0.3 is 0 Å². The van der Waals surface area contributed by atoms with Gasteiger partial charge in [0.1, 0.15) is 0 Å². The molecule has 0 rings (SSSR count). The van der Waals surface area contributed by atoms with Gasteiger partial charge in [-0.05, 0) is 20.1 Å². The van der Waals surface area contributed by atoms with E-state index in [9.17, 15) is 0 Å². The Hall–Kier alpha value is -0.370. The average Bonchev–Trinajstić information content (AvgIpc) is 2.03. The van der Waals surface area contributed by atoms with Crippen molar-refractivity contribution >= 4 is 6.72 Å². The van der Waals surface area contributed by atoms with Crippen LogP contribution in [0.1, 0.15) is 27.2 Å². The molecule has 0 aromatic rings. The highest BCUT2D eigenvalue weighted by Gasteiger charge is 2.08. The minimum absolute atomic E-state index is 0.312. The molecule has 66 valence electrons. The van der Waals surface area contributed by atoms with Gasteiger partial charge in [-0.3, -0.25) is 4.99 Å². The predicted molar refractivity (Wildman–Crippen MR) is 49.3 cm³/mol. The molecular formula is C9H19NO. The summed E-state index contributed by atoms with van der Waals surface area (Å²) in [6.45, 7) is 11.5. The van der Waals surface area contributed by atoms with Gasteiger partial charge in [0.25, 0.3) is 0 Å². The normalized spacial score (nSPS) is 15.9. The topological polar surface area (TPSA) is 21.6 Å². The van der Waals surface area contributed by atoms with Crippen molar-refractivity contribution in [3.63, 3.8) is 0 Å². The average molecular weight is 157 g/mol. The van der Waals surface area contributed by atoms with E-state index < -0.39 is 0 Å². The van der Waals surface area contributed by atoms with Gasteiger partial charge in [0.2, 0.25) is 0 Å². The molecule has 0 N–H and O–H groups in total. The third-order valence-corrected chi connectivity index (χ3v) is 1.84. The van der Waals surface area contributed by atoms with Crippen LogP contribution in [0.5, 0.6) is 0 Å². The van der Waals surface area contributed by atoms with Crippen molar-refractivity contribution < 1.29 is 4.74 Å². The van der Waals surface area contributed by atoms with E-state index in [1.807, 2.05) is 0 Å². The van der Waals surface area contributed by atoms with Crippen molar-refractivity contribution in [3.8, 4) is 0 Å². The maximum Gasteiger partial charge on any atom is 0.0511 e. The first kappa shape index (κ1) is 10.6. The molecular weight excluding hydrogens is 138 g/mol. The van der Waals surface area contributed by atoms with E-state index in [1.54, 1.807) is 0 Å². The minimum atomic E-state index is 0.312. The van der Waals surface area contributed by atoms with Gasteiger partial charge in [-0.25, -0.2) is 0 Å². The summed E-state index contributed by atoms with van der Waals surface area (Å²) < 4.78 is 5.38. The van der Waals surface area contributed by atoms with Gasteiger partial charge in [0.05, 0.1) is 12.6 Å². The van der Waals surface area contributed by atoms with E-state index in [-0.39, 0.29) is 0 Å². The first-order valence-electron chi connectivity index (χ1n) is 4.26. The van der Waals surface area contributed by atoms with E-state index in [4.69, 9.17) is 4.74 Å². The summed E-state index contributed by atoms with van der Waals surface area (Å²) in [7, 11) is 0. The molecule has 2 unspecified atom stereocenters. The summed E-state index contributed by atoms with van der Waals surface area (Å²) in [6, 6.07) is 0.312. The summed E-state index contributed by atoms with van der Waals surface area (Å²) in [6.07, 6.45) is 1.09. The Labute approximate surface area is 69.7 Å². The SMILES string of the molecule is C=NC(C)C(C)COCCC. The quantitative estimate of drug-likeness (QED) is 0.427. The van der Waals surface area contributed by atoms with E-state index in [0.717, 1.165) is 19.6 Å². The zero-order valence-electron chi connectivity index (χ0n) is 7.84. The second kappa shape index (κ2) is 6.35. The van der Waals surface area contributed by atoms with Gasteiger partial charge in [-0.2, -0.15) is 0 Å². The van der Waals surface area contributed by atoms with Gasteiger partial charge in [-0.15, -0.1) is 0 Å². The molecule has 0 aliphatic rings. The number of rotatable bonds is 6. The first-order valence-corrected chi connectivity index (χ1v) is 4.26. The zero-order valence-corrected chi connectivity index (χ0v) is 7.84. The highest BCUT2D eigenvalue weighted by atomic mass is 16.5. The van der Waals surface area contributed by atoms with Gasteiger partial charge in [0.15, 0.2) is 0 Å². The largest absolute Gasteiger partial charge is 0.381 e. The standard InChI is InChI=1S/C9H19NO/c1-5-6-11-7-8(2)9(3)10-4/h8-9H,4-7H2,1-3H3. The Morgan fingerprint density at radius 1 is 1.45 bits per heavy atom. The fourth-order valence-corrected chi connectivity index (χ4v) is 0.733. The second-order valence-electron chi connectivity index (χ2n) is 2.98. The number of hydrogen-bond donors (Lipinski definition) is 0. The van der Waals surface area contributed by atoms with Gasteiger partial charge in [0, 0.05) is 12.5 Å². The van der Waals surface area contributed by atoms with Gasteiger partial charge < -0.3 is 4.74 Å². The van der Waals surface area contributed by atoms with Crippen LogP contribution in [0.2, 0.25) is 0 Å². The van der Waals surface area contributed by atoms with Crippen LogP contribution in [0.15, 0.2) is 4.99 Å². The van der Waals surface area contributed by atoms with Crippen LogP contribution in [-0.2, 0) is 4.74 Å². The number of aliphatic imine (C=N–C) groups is 1. The van der Waals surface area contributed by atoms with Crippen molar-refractivity contribution in [1.82, 2.24) is 0 Å². The summed E-state index contributed by atoms with van der Waals surface area (Å²) in [4.78, 5) is 3.94. The molecule has 11 heavy (non-hydrogen) atoms. The molecule has 2 nitrogen and oxygen atoms in total. The van der Waals surface area contributed by atoms with Crippen LogP contribution >= 0.6 is 0 Å². The van der Waals surface area contributed by atoms with Crippen LogP contribution in [0.25, 0.3) is 0 Å². The minimum Gasteiger partial charge on any atom is -0.381 e. The molecule has 0 aromatic heterocycles. The third kappa shape index (κ3) is 4.96. The molecule has 0 heterocycles. The molecule has 2 atom stereocenters. The predicted octanol–water partition coefficient (Wildman–Crippen LogP) is 2.14. The fourth-order valence-electron chi connectivity index (χ4n) is 0.733. The molecule has 0 aliphatic carbocycles. The maximum absolute atomic E-state index is 5.38. The molecule has 0 amide bonds. The van der Waals surface area contributed by atoms with E-state index in [2.05, 4.69) is 32.5 Å². The summed E-state index contributed by atoms with van der Waals surface area (Å²) in [5.41, 5.74) is 0. The lowest BCUT2D eigenvalue weighted by Gasteiger charge is -2.14. The van der Waals surface area contributed by atoms with Crippen LogP contribution in [0.4, 0.5) is 0 Å². The Morgan fingerprint density at radius 2 is 2.09 bits per heavy atom. The molecule has 0 aromatic carbocycles. The monoisotopic (exact) mass is 157 g/mol. The molecule has 0 spiro atoms. The lowest BCUT2D eigenvalue weighted by Crippen LogP contribution is -2.17. The Bertz CT molecular complexity index is 104. The van der Waals surface area contributed by atoms with Crippen molar-refractivity contribution in [1.29, 1.82) is 0 Å². The summed E-state index contributed by atoms with van der Waals surface area (Å²) in [5, 5.41) is 0. The lowest BCUT2D eigenvalue weighted by atomic mass is 10.1. The highest BCUT2D eigenvalue weighted by molar-refractivity contribution is 5.24. The van der Waals surface area contributed by atoms with Crippen molar-refractivity contribution in [2.24, 2.45) is 10.9 Å². The molecule has 0 radical (unpaired) electrons. The fraction of sp³-hybridized carbons (Fsp3) is 0.889. The lowest BCUT2D eigenvalue weighted by molar-refractivity contribution is 0.0990. The summed E-state index contributed by atoms with van der Waals surface area (Å²) >= 11 is 0.